The lowest BCUT2D eigenvalue weighted by molar-refractivity contribution is -0.116. The monoisotopic (exact) mass is 358 g/mol. The average Bonchev–Trinajstić information content (AvgIpc) is 2.62. The van der Waals surface area contributed by atoms with E-state index in [1.807, 2.05) is 42.5 Å². The smallest absolute Gasteiger partial charge is 0.225 e. The number of methoxy groups -OCH3 is 1. The summed E-state index contributed by atoms with van der Waals surface area (Å²) < 4.78 is 5.17. The summed E-state index contributed by atoms with van der Waals surface area (Å²) in [6.45, 7) is 5.89. The summed E-state index contributed by atoms with van der Waals surface area (Å²) in [4.78, 5) is 14.3. The predicted octanol–water partition coefficient (Wildman–Crippen LogP) is 4.37. The minimum Gasteiger partial charge on any atom is -0.497 e. The summed E-state index contributed by atoms with van der Waals surface area (Å²) in [5, 5.41) is 3.39. The van der Waals surface area contributed by atoms with Crippen molar-refractivity contribution in [2.45, 2.75) is 13.0 Å². The molecule has 0 heterocycles. The van der Waals surface area contributed by atoms with Crippen molar-refractivity contribution in [2.24, 2.45) is 0 Å². The molecule has 0 radical (unpaired) electrons. The van der Waals surface area contributed by atoms with Gasteiger partial charge in [0.1, 0.15) is 5.75 Å². The van der Waals surface area contributed by atoms with Gasteiger partial charge in [-0.3, -0.25) is 9.69 Å². The van der Waals surface area contributed by atoms with Crippen molar-refractivity contribution in [2.75, 3.05) is 25.5 Å². The molecule has 0 unspecified atom stereocenters. The molecule has 0 saturated carbocycles. The number of carbonyl (C=O) groups is 1. The molecule has 2 rings (SSSR count). The number of anilines is 1. The number of ether oxygens (including phenoxy) is 1. The number of rotatable bonds is 9. The standard InChI is InChI=1S/C20H23ClN2O2/c1-3-13-23(15-16-8-10-17(25-2)11-9-16)14-12-20(24)22-19-7-5-4-6-18(19)21/h3-11H,1,12-15H2,2H3,(H,22,24). The molecular weight excluding hydrogens is 336 g/mol. The number of halogens is 1. The second-order valence-electron chi connectivity index (χ2n) is 5.65. The van der Waals surface area contributed by atoms with E-state index in [0.29, 0.717) is 30.2 Å². The van der Waals surface area contributed by atoms with Crippen molar-refractivity contribution >= 4 is 23.2 Å². The maximum atomic E-state index is 12.2. The van der Waals surface area contributed by atoms with E-state index in [2.05, 4.69) is 16.8 Å². The van der Waals surface area contributed by atoms with Crippen LogP contribution >= 0.6 is 11.6 Å². The van der Waals surface area contributed by atoms with Crippen LogP contribution in [0.3, 0.4) is 0 Å². The molecule has 0 atom stereocenters. The van der Waals surface area contributed by atoms with Gasteiger partial charge in [-0.2, -0.15) is 0 Å². The Morgan fingerprint density at radius 2 is 1.96 bits per heavy atom. The molecule has 1 N–H and O–H groups in total. The summed E-state index contributed by atoms with van der Waals surface area (Å²) in [5.74, 6) is 0.773. The Morgan fingerprint density at radius 1 is 1.24 bits per heavy atom. The first-order valence-corrected chi connectivity index (χ1v) is 8.50. The first-order chi connectivity index (χ1) is 12.1. The molecule has 132 valence electrons. The molecule has 4 nitrogen and oxygen atoms in total. The van der Waals surface area contributed by atoms with Gasteiger partial charge in [0.05, 0.1) is 17.8 Å². The van der Waals surface area contributed by atoms with Crippen LogP contribution in [0.5, 0.6) is 5.75 Å². The molecule has 0 spiro atoms. The first kappa shape index (κ1) is 19.0. The molecule has 5 heteroatoms. The van der Waals surface area contributed by atoms with Gasteiger partial charge in [0.15, 0.2) is 0 Å². The summed E-state index contributed by atoms with van der Waals surface area (Å²) in [5.41, 5.74) is 1.80. The second-order valence-corrected chi connectivity index (χ2v) is 6.06. The van der Waals surface area contributed by atoms with Crippen molar-refractivity contribution in [3.05, 3.63) is 71.8 Å². The van der Waals surface area contributed by atoms with Crippen LogP contribution in [0.1, 0.15) is 12.0 Å². The van der Waals surface area contributed by atoms with Crippen LogP contribution in [-0.2, 0) is 11.3 Å². The minimum absolute atomic E-state index is 0.0584. The van der Waals surface area contributed by atoms with E-state index < -0.39 is 0 Å². The number of benzene rings is 2. The van der Waals surface area contributed by atoms with E-state index in [1.165, 1.54) is 0 Å². The molecule has 2 aromatic carbocycles. The largest absolute Gasteiger partial charge is 0.497 e. The topological polar surface area (TPSA) is 41.6 Å². The SMILES string of the molecule is C=CCN(CCC(=O)Nc1ccccc1Cl)Cc1ccc(OC)cc1. The zero-order chi connectivity index (χ0) is 18.1. The number of nitrogens with one attached hydrogen (secondary N) is 1. The molecule has 0 aromatic heterocycles. The number of amides is 1. The third-order valence-corrected chi connectivity index (χ3v) is 4.09. The van der Waals surface area contributed by atoms with Crippen LogP contribution in [0.15, 0.2) is 61.2 Å². The Kier molecular flexibility index (Phi) is 7.51. The molecule has 0 fully saturated rings. The van der Waals surface area contributed by atoms with E-state index in [1.54, 1.807) is 19.2 Å². The summed E-state index contributed by atoms with van der Waals surface area (Å²) in [6, 6.07) is 15.1. The van der Waals surface area contributed by atoms with Crippen molar-refractivity contribution in [1.82, 2.24) is 4.90 Å². The van der Waals surface area contributed by atoms with Gasteiger partial charge in [-0.15, -0.1) is 6.58 Å². The van der Waals surface area contributed by atoms with E-state index in [-0.39, 0.29) is 5.91 Å². The van der Waals surface area contributed by atoms with E-state index >= 15 is 0 Å². The fourth-order valence-electron chi connectivity index (χ4n) is 2.44. The van der Waals surface area contributed by atoms with E-state index in [4.69, 9.17) is 16.3 Å². The zero-order valence-corrected chi connectivity index (χ0v) is 15.1. The molecule has 0 aliphatic heterocycles. The molecule has 25 heavy (non-hydrogen) atoms. The van der Waals surface area contributed by atoms with Crippen LogP contribution in [0.2, 0.25) is 5.02 Å². The molecule has 0 aliphatic rings. The summed E-state index contributed by atoms with van der Waals surface area (Å²) in [6.07, 6.45) is 2.23. The lowest BCUT2D eigenvalue weighted by Gasteiger charge is -2.20. The third-order valence-electron chi connectivity index (χ3n) is 3.76. The highest BCUT2D eigenvalue weighted by Gasteiger charge is 2.10. The maximum absolute atomic E-state index is 12.2. The van der Waals surface area contributed by atoms with Crippen LogP contribution in [0.4, 0.5) is 5.69 Å². The maximum Gasteiger partial charge on any atom is 0.225 e. The van der Waals surface area contributed by atoms with E-state index in [9.17, 15) is 4.79 Å². The first-order valence-electron chi connectivity index (χ1n) is 8.13. The van der Waals surface area contributed by atoms with Gasteiger partial charge in [0, 0.05) is 26.1 Å². The number of nitrogens with zero attached hydrogens (tertiary/aromatic N) is 1. The van der Waals surface area contributed by atoms with Crippen LogP contribution in [0, 0.1) is 0 Å². The highest BCUT2D eigenvalue weighted by Crippen LogP contribution is 2.20. The quantitative estimate of drug-likeness (QED) is 0.677. The fraction of sp³-hybridized carbons (Fsp3) is 0.250. The van der Waals surface area contributed by atoms with Gasteiger partial charge < -0.3 is 10.1 Å². The lowest BCUT2D eigenvalue weighted by Crippen LogP contribution is -2.27. The molecular formula is C20H23ClN2O2. The molecule has 0 saturated heterocycles. The van der Waals surface area contributed by atoms with Crippen molar-refractivity contribution in [3.63, 3.8) is 0 Å². The predicted molar refractivity (Wildman–Crippen MR) is 103 cm³/mol. The normalized spacial score (nSPS) is 10.5. The van der Waals surface area contributed by atoms with Gasteiger partial charge >= 0.3 is 0 Å². The van der Waals surface area contributed by atoms with Crippen LogP contribution in [-0.4, -0.2) is 31.0 Å². The number of hydrogen-bond donors (Lipinski definition) is 1. The molecule has 0 bridgehead atoms. The lowest BCUT2D eigenvalue weighted by atomic mass is 10.2. The van der Waals surface area contributed by atoms with Gasteiger partial charge in [-0.25, -0.2) is 0 Å². The second kappa shape index (κ2) is 9.87. The average molecular weight is 359 g/mol. The number of carbonyl (C=O) groups excluding carboxylic acids is 1. The van der Waals surface area contributed by atoms with Crippen molar-refractivity contribution < 1.29 is 9.53 Å². The Bertz CT molecular complexity index is 701. The van der Waals surface area contributed by atoms with Crippen LogP contribution < -0.4 is 10.1 Å². The Labute approximate surface area is 154 Å². The van der Waals surface area contributed by atoms with Crippen molar-refractivity contribution in [3.8, 4) is 5.75 Å². The molecule has 0 aliphatic carbocycles. The third kappa shape index (κ3) is 6.25. The van der Waals surface area contributed by atoms with Crippen molar-refractivity contribution in [1.29, 1.82) is 0 Å². The molecule has 2 aromatic rings. The van der Waals surface area contributed by atoms with Gasteiger partial charge in [-0.1, -0.05) is 41.9 Å². The summed E-state index contributed by atoms with van der Waals surface area (Å²) >= 11 is 6.06. The highest BCUT2D eigenvalue weighted by atomic mass is 35.5. The Morgan fingerprint density at radius 3 is 2.60 bits per heavy atom. The van der Waals surface area contributed by atoms with Gasteiger partial charge in [-0.05, 0) is 29.8 Å². The van der Waals surface area contributed by atoms with Gasteiger partial charge in [0.25, 0.3) is 0 Å². The number of para-hydroxylation sites is 1. The van der Waals surface area contributed by atoms with Gasteiger partial charge in [0.2, 0.25) is 5.91 Å². The highest BCUT2D eigenvalue weighted by molar-refractivity contribution is 6.33. The minimum atomic E-state index is -0.0584. The Hall–Kier alpha value is -2.30. The fourth-order valence-corrected chi connectivity index (χ4v) is 2.62. The zero-order valence-electron chi connectivity index (χ0n) is 14.4. The Balaban J connectivity index is 1.88. The van der Waals surface area contributed by atoms with Crippen LogP contribution in [0.25, 0.3) is 0 Å². The van der Waals surface area contributed by atoms with E-state index in [0.717, 1.165) is 17.9 Å². The number of hydrogen-bond acceptors (Lipinski definition) is 3. The summed E-state index contributed by atoms with van der Waals surface area (Å²) in [7, 11) is 1.65. The molecule has 1 amide bonds.